The first-order valence-corrected chi connectivity index (χ1v) is 10.3. The lowest BCUT2D eigenvalue weighted by Gasteiger charge is -2.18. The van der Waals surface area contributed by atoms with Crippen LogP contribution in [-0.4, -0.2) is 79.1 Å². The fraction of sp³-hybridized carbons (Fsp3) is 0.333. The SMILES string of the molecule is CN(C)CCC1=C2C(=O)C=CC=C2N=C1C1=CC(=O)C(=O)c2c(CCN(C)C)c[nH]c21. The summed E-state index contributed by atoms with van der Waals surface area (Å²) in [6.45, 7) is 1.49. The van der Waals surface area contributed by atoms with Gasteiger partial charge in [0.05, 0.1) is 28.2 Å². The molecule has 4 rings (SSSR count). The van der Waals surface area contributed by atoms with Crippen LogP contribution >= 0.6 is 0 Å². The highest BCUT2D eigenvalue weighted by atomic mass is 16.2. The molecule has 0 saturated heterocycles. The number of carbonyl (C=O) groups is 3. The second kappa shape index (κ2) is 8.17. The van der Waals surface area contributed by atoms with E-state index in [2.05, 4.69) is 4.98 Å². The Labute approximate surface area is 181 Å². The molecule has 7 nitrogen and oxygen atoms in total. The standard InChI is InChI=1S/C24H26N4O3/c1-27(2)10-8-14-13-25-23-16(12-19(30)24(31)20(14)23)22-15(9-11-28(3)4)21-17(26-22)6-5-7-18(21)29/h5-7,12-13,25H,8-11H2,1-4H3. The minimum Gasteiger partial charge on any atom is -0.360 e. The van der Waals surface area contributed by atoms with Crippen molar-refractivity contribution in [3.63, 3.8) is 0 Å². The maximum Gasteiger partial charge on any atom is 0.235 e. The third-order valence-corrected chi connectivity index (χ3v) is 5.67. The summed E-state index contributed by atoms with van der Waals surface area (Å²) in [5, 5.41) is 0. The van der Waals surface area contributed by atoms with Crippen LogP contribution in [0.15, 0.2) is 52.3 Å². The molecule has 0 fully saturated rings. The van der Waals surface area contributed by atoms with Gasteiger partial charge < -0.3 is 14.8 Å². The lowest BCUT2D eigenvalue weighted by atomic mass is 9.85. The van der Waals surface area contributed by atoms with Gasteiger partial charge in [0, 0.05) is 30.9 Å². The van der Waals surface area contributed by atoms with Crippen molar-refractivity contribution in [2.75, 3.05) is 41.3 Å². The van der Waals surface area contributed by atoms with Gasteiger partial charge in [-0.15, -0.1) is 0 Å². The van der Waals surface area contributed by atoms with Crippen LogP contribution in [0.2, 0.25) is 0 Å². The first kappa shape index (κ1) is 21.1. The van der Waals surface area contributed by atoms with Gasteiger partial charge in [-0.05, 0) is 64.3 Å². The van der Waals surface area contributed by atoms with Crippen LogP contribution in [0.4, 0.5) is 0 Å². The number of fused-ring (bicyclic) bond motifs is 2. The Morgan fingerprint density at radius 1 is 0.968 bits per heavy atom. The van der Waals surface area contributed by atoms with Gasteiger partial charge >= 0.3 is 0 Å². The average molecular weight is 418 g/mol. The van der Waals surface area contributed by atoms with Crippen LogP contribution in [0.25, 0.3) is 5.57 Å². The van der Waals surface area contributed by atoms with E-state index in [0.717, 1.165) is 24.2 Å². The Morgan fingerprint density at radius 3 is 2.39 bits per heavy atom. The van der Waals surface area contributed by atoms with Crippen LogP contribution in [0, 0.1) is 0 Å². The molecule has 2 heterocycles. The summed E-state index contributed by atoms with van der Waals surface area (Å²) in [7, 11) is 7.87. The molecule has 0 amide bonds. The Balaban J connectivity index is 1.80. The van der Waals surface area contributed by atoms with Crippen molar-refractivity contribution in [1.82, 2.24) is 14.8 Å². The van der Waals surface area contributed by atoms with Gasteiger partial charge in [-0.2, -0.15) is 0 Å². The van der Waals surface area contributed by atoms with E-state index in [1.54, 1.807) is 12.3 Å². The minimum atomic E-state index is -0.554. The lowest BCUT2D eigenvalue weighted by molar-refractivity contribution is -0.111. The third-order valence-electron chi connectivity index (χ3n) is 5.67. The van der Waals surface area contributed by atoms with Crippen LogP contribution in [-0.2, 0) is 16.0 Å². The number of nitrogens with one attached hydrogen (secondary N) is 1. The summed E-state index contributed by atoms with van der Waals surface area (Å²) >= 11 is 0. The summed E-state index contributed by atoms with van der Waals surface area (Å²) in [5.74, 6) is -1.13. The summed E-state index contributed by atoms with van der Waals surface area (Å²) in [4.78, 5) is 50.1. The molecule has 0 bridgehead atoms. The Bertz CT molecular complexity index is 1140. The summed E-state index contributed by atoms with van der Waals surface area (Å²) in [6.07, 6.45) is 9.48. The Morgan fingerprint density at radius 2 is 1.68 bits per heavy atom. The van der Waals surface area contributed by atoms with Crippen molar-refractivity contribution >= 4 is 28.6 Å². The first-order chi connectivity index (χ1) is 14.8. The van der Waals surface area contributed by atoms with E-state index in [1.807, 2.05) is 44.1 Å². The fourth-order valence-corrected chi connectivity index (χ4v) is 4.08. The molecule has 0 atom stereocenters. The van der Waals surface area contributed by atoms with E-state index in [0.29, 0.717) is 46.7 Å². The maximum atomic E-state index is 12.7. The van der Waals surface area contributed by atoms with E-state index in [9.17, 15) is 14.4 Å². The zero-order chi connectivity index (χ0) is 22.3. The Hall–Kier alpha value is -3.16. The number of allylic oxidation sites excluding steroid dienone is 6. The number of carbonyl (C=O) groups excluding carboxylic acids is 3. The second-order valence-electron chi connectivity index (χ2n) is 8.51. The molecule has 0 aromatic carbocycles. The smallest absolute Gasteiger partial charge is 0.235 e. The van der Waals surface area contributed by atoms with Crippen LogP contribution in [0.5, 0.6) is 0 Å². The first-order valence-electron chi connectivity index (χ1n) is 10.3. The number of likely N-dealkylation sites (N-methyl/N-ethyl adjacent to an activating group) is 1. The van der Waals surface area contributed by atoms with E-state index >= 15 is 0 Å². The average Bonchev–Trinajstić information content (AvgIpc) is 3.30. The number of Topliss-reactive ketones (excluding diaryl/α,β-unsaturated/α-hetero) is 1. The lowest BCUT2D eigenvalue weighted by Crippen LogP contribution is -2.24. The van der Waals surface area contributed by atoms with E-state index < -0.39 is 11.6 Å². The number of hydrogen-bond donors (Lipinski definition) is 1. The van der Waals surface area contributed by atoms with Gasteiger partial charge in [-0.3, -0.25) is 14.4 Å². The molecule has 160 valence electrons. The van der Waals surface area contributed by atoms with Gasteiger partial charge in [0.25, 0.3) is 0 Å². The molecule has 31 heavy (non-hydrogen) atoms. The maximum absolute atomic E-state index is 12.7. The van der Waals surface area contributed by atoms with Crippen LogP contribution < -0.4 is 0 Å². The van der Waals surface area contributed by atoms with E-state index in [-0.39, 0.29) is 5.78 Å². The number of aliphatic imine (C=N–C) groups is 1. The van der Waals surface area contributed by atoms with Crippen LogP contribution in [0.3, 0.4) is 0 Å². The van der Waals surface area contributed by atoms with Crippen molar-refractivity contribution in [1.29, 1.82) is 0 Å². The molecule has 1 N–H and O–H groups in total. The van der Waals surface area contributed by atoms with Crippen molar-refractivity contribution < 1.29 is 14.4 Å². The predicted molar refractivity (Wildman–Crippen MR) is 120 cm³/mol. The summed E-state index contributed by atoms with van der Waals surface area (Å²) < 4.78 is 0. The van der Waals surface area contributed by atoms with Crippen molar-refractivity contribution in [2.24, 2.45) is 4.99 Å². The number of H-pyrrole nitrogens is 1. The largest absolute Gasteiger partial charge is 0.360 e. The van der Waals surface area contributed by atoms with Gasteiger partial charge in [0.15, 0.2) is 5.78 Å². The van der Waals surface area contributed by atoms with Crippen molar-refractivity contribution in [3.05, 3.63) is 64.2 Å². The number of nitrogens with zero attached hydrogens (tertiary/aromatic N) is 3. The Kier molecular flexibility index (Phi) is 5.56. The number of aromatic amines is 1. The number of hydrogen-bond acceptors (Lipinski definition) is 6. The third kappa shape index (κ3) is 3.82. The molecular formula is C24H26N4O3. The second-order valence-corrected chi connectivity index (χ2v) is 8.51. The molecule has 1 aromatic rings. The highest BCUT2D eigenvalue weighted by Gasteiger charge is 2.36. The molecule has 3 aliphatic rings. The molecule has 1 aromatic heterocycles. The van der Waals surface area contributed by atoms with Crippen LogP contribution in [0.1, 0.15) is 28.0 Å². The molecule has 7 heteroatoms. The highest BCUT2D eigenvalue weighted by molar-refractivity contribution is 6.55. The van der Waals surface area contributed by atoms with Gasteiger partial charge in [-0.1, -0.05) is 6.08 Å². The van der Waals surface area contributed by atoms with Crippen molar-refractivity contribution in [3.8, 4) is 0 Å². The molecule has 0 radical (unpaired) electrons. The monoisotopic (exact) mass is 418 g/mol. The zero-order valence-electron chi connectivity index (χ0n) is 18.3. The fourth-order valence-electron chi connectivity index (χ4n) is 4.08. The van der Waals surface area contributed by atoms with E-state index in [4.69, 9.17) is 4.99 Å². The van der Waals surface area contributed by atoms with E-state index in [1.165, 1.54) is 12.2 Å². The summed E-state index contributed by atoms with van der Waals surface area (Å²) in [6, 6.07) is 0. The normalized spacial score (nSPS) is 18.0. The van der Waals surface area contributed by atoms with Gasteiger partial charge in [0.2, 0.25) is 11.6 Å². The molecule has 1 aliphatic heterocycles. The summed E-state index contributed by atoms with van der Waals surface area (Å²) in [5.41, 5.74) is 5.06. The molecule has 0 spiro atoms. The molecule has 2 aliphatic carbocycles. The van der Waals surface area contributed by atoms with Gasteiger partial charge in [-0.25, -0.2) is 4.99 Å². The predicted octanol–water partition coefficient (Wildman–Crippen LogP) is 1.99. The molecule has 0 unspecified atom stereocenters. The molecular weight excluding hydrogens is 392 g/mol. The zero-order valence-corrected chi connectivity index (χ0v) is 18.3. The topological polar surface area (TPSA) is 85.8 Å². The number of aromatic nitrogens is 1. The number of ketones is 3. The highest BCUT2D eigenvalue weighted by Crippen LogP contribution is 2.38. The minimum absolute atomic E-state index is 0.0813. The quantitative estimate of drug-likeness (QED) is 0.685. The number of rotatable bonds is 7. The van der Waals surface area contributed by atoms with Gasteiger partial charge in [0.1, 0.15) is 0 Å². The van der Waals surface area contributed by atoms with Crippen molar-refractivity contribution in [2.45, 2.75) is 12.8 Å². The molecule has 0 saturated carbocycles.